The van der Waals surface area contributed by atoms with Crippen molar-refractivity contribution in [3.63, 3.8) is 0 Å². The predicted molar refractivity (Wildman–Crippen MR) is 145 cm³/mol. The Bertz CT molecular complexity index is 1420. The fraction of sp³-hybridized carbons (Fsp3) is 0.138. The Balaban J connectivity index is 1.65. The van der Waals surface area contributed by atoms with E-state index in [2.05, 4.69) is 5.32 Å². The van der Waals surface area contributed by atoms with Gasteiger partial charge in [0.05, 0.1) is 22.7 Å². The highest BCUT2D eigenvalue weighted by Crippen LogP contribution is 2.29. The van der Waals surface area contributed by atoms with E-state index in [-0.39, 0.29) is 17.3 Å². The van der Waals surface area contributed by atoms with Gasteiger partial charge in [0, 0.05) is 11.6 Å². The molecule has 4 aromatic carbocycles. The first-order valence-corrected chi connectivity index (χ1v) is 13.4. The molecule has 0 fully saturated rings. The summed E-state index contributed by atoms with van der Waals surface area (Å²) in [7, 11) is -3.95. The van der Waals surface area contributed by atoms with Gasteiger partial charge in [0.15, 0.2) is 0 Å². The van der Waals surface area contributed by atoms with Crippen LogP contribution in [0.2, 0.25) is 5.02 Å². The lowest BCUT2D eigenvalue weighted by Gasteiger charge is -2.26. The normalized spacial score (nSPS) is 11.2. The smallest absolute Gasteiger partial charge is 0.264 e. The number of aryl methyl sites for hydroxylation is 1. The summed E-state index contributed by atoms with van der Waals surface area (Å²) in [5.74, 6) is -0.336. The van der Waals surface area contributed by atoms with E-state index in [0.717, 1.165) is 16.7 Å². The molecule has 1 amide bonds. The SMILES string of the molecule is Cc1ccc(S(=O)(=O)N(Cc2ccccc2)c2ccccc2C(=O)NCCc2ccc(Cl)cc2)cc1. The number of sulfonamides is 1. The zero-order chi connectivity index (χ0) is 25.5. The molecule has 1 N–H and O–H groups in total. The summed E-state index contributed by atoms with van der Waals surface area (Å²) in [5.41, 5.74) is 3.43. The largest absolute Gasteiger partial charge is 0.352 e. The zero-order valence-electron chi connectivity index (χ0n) is 19.9. The lowest BCUT2D eigenvalue weighted by molar-refractivity contribution is 0.0955. The van der Waals surface area contributed by atoms with E-state index < -0.39 is 10.0 Å². The molecule has 7 heteroatoms. The first kappa shape index (κ1) is 25.5. The van der Waals surface area contributed by atoms with Crippen LogP contribution in [-0.4, -0.2) is 20.9 Å². The van der Waals surface area contributed by atoms with Gasteiger partial charge in [-0.15, -0.1) is 0 Å². The molecule has 0 heterocycles. The maximum absolute atomic E-state index is 13.8. The number of carbonyl (C=O) groups excluding carboxylic acids is 1. The Morgan fingerprint density at radius 1 is 0.806 bits per heavy atom. The highest BCUT2D eigenvalue weighted by molar-refractivity contribution is 7.92. The van der Waals surface area contributed by atoms with Gasteiger partial charge in [-0.05, 0) is 60.9 Å². The average Bonchev–Trinajstić information content (AvgIpc) is 2.89. The predicted octanol–water partition coefficient (Wildman–Crippen LogP) is 6.02. The molecule has 0 atom stereocenters. The molecule has 0 bridgehead atoms. The second kappa shape index (κ2) is 11.4. The Kier molecular flexibility index (Phi) is 8.08. The van der Waals surface area contributed by atoms with E-state index in [1.165, 1.54) is 4.31 Å². The number of para-hydroxylation sites is 1. The van der Waals surface area contributed by atoms with E-state index in [1.807, 2.05) is 61.5 Å². The third-order valence-corrected chi connectivity index (χ3v) is 7.83. The van der Waals surface area contributed by atoms with Crippen LogP contribution in [0.5, 0.6) is 0 Å². The van der Waals surface area contributed by atoms with Crippen LogP contribution in [0.1, 0.15) is 27.0 Å². The van der Waals surface area contributed by atoms with Crippen LogP contribution < -0.4 is 9.62 Å². The van der Waals surface area contributed by atoms with Crippen molar-refractivity contribution < 1.29 is 13.2 Å². The molecule has 0 spiro atoms. The van der Waals surface area contributed by atoms with Gasteiger partial charge >= 0.3 is 0 Å². The molecule has 36 heavy (non-hydrogen) atoms. The number of hydrogen-bond acceptors (Lipinski definition) is 3. The van der Waals surface area contributed by atoms with Gasteiger partial charge in [-0.2, -0.15) is 0 Å². The fourth-order valence-corrected chi connectivity index (χ4v) is 5.43. The third-order valence-electron chi connectivity index (χ3n) is 5.81. The van der Waals surface area contributed by atoms with Crippen LogP contribution in [0, 0.1) is 6.92 Å². The number of carbonyl (C=O) groups is 1. The molecule has 0 aliphatic carbocycles. The fourth-order valence-electron chi connectivity index (χ4n) is 3.84. The van der Waals surface area contributed by atoms with Gasteiger partial charge in [-0.25, -0.2) is 8.42 Å². The summed E-state index contributed by atoms with van der Waals surface area (Å²) < 4.78 is 29.0. The molecule has 0 saturated carbocycles. The maximum Gasteiger partial charge on any atom is 0.264 e. The molecule has 0 aliphatic rings. The van der Waals surface area contributed by atoms with Gasteiger partial charge in [0.2, 0.25) is 0 Å². The quantitative estimate of drug-likeness (QED) is 0.295. The number of anilines is 1. The minimum Gasteiger partial charge on any atom is -0.352 e. The summed E-state index contributed by atoms with van der Waals surface area (Å²) in [5, 5.41) is 3.58. The van der Waals surface area contributed by atoms with Gasteiger partial charge in [0.1, 0.15) is 0 Å². The summed E-state index contributed by atoms with van der Waals surface area (Å²) in [4.78, 5) is 13.4. The van der Waals surface area contributed by atoms with Crippen molar-refractivity contribution in [1.82, 2.24) is 5.32 Å². The van der Waals surface area contributed by atoms with E-state index in [4.69, 9.17) is 11.6 Å². The van der Waals surface area contributed by atoms with Crippen LogP contribution in [0.3, 0.4) is 0 Å². The minimum absolute atomic E-state index is 0.0894. The van der Waals surface area contributed by atoms with Crippen molar-refractivity contribution in [2.75, 3.05) is 10.8 Å². The standard InChI is InChI=1S/C29H27ClN2O3S/c1-22-11-17-26(18-12-22)36(34,35)32(21-24-7-3-2-4-8-24)28-10-6-5-9-27(28)29(33)31-20-19-23-13-15-25(30)16-14-23/h2-18H,19-21H2,1H3,(H,31,33). The first-order chi connectivity index (χ1) is 17.3. The summed E-state index contributed by atoms with van der Waals surface area (Å²) in [6.07, 6.45) is 0.625. The molecule has 0 unspecified atom stereocenters. The van der Waals surface area contributed by atoms with E-state index in [0.29, 0.717) is 29.2 Å². The number of nitrogens with one attached hydrogen (secondary N) is 1. The second-order valence-corrected chi connectivity index (χ2v) is 10.8. The second-order valence-electron chi connectivity index (χ2n) is 8.46. The lowest BCUT2D eigenvalue weighted by Crippen LogP contribution is -2.34. The number of nitrogens with zero attached hydrogens (tertiary/aromatic N) is 1. The maximum atomic E-state index is 13.8. The zero-order valence-corrected chi connectivity index (χ0v) is 21.5. The third kappa shape index (κ3) is 6.14. The molecular weight excluding hydrogens is 492 g/mol. The highest BCUT2D eigenvalue weighted by Gasteiger charge is 2.28. The summed E-state index contributed by atoms with van der Waals surface area (Å²) >= 11 is 5.95. The topological polar surface area (TPSA) is 66.5 Å². The molecular formula is C29H27ClN2O3S. The lowest BCUT2D eigenvalue weighted by atomic mass is 10.1. The Labute approximate surface area is 217 Å². The number of hydrogen-bond donors (Lipinski definition) is 1. The van der Waals surface area contributed by atoms with Gasteiger partial charge in [0.25, 0.3) is 15.9 Å². The van der Waals surface area contributed by atoms with Crippen LogP contribution in [0.15, 0.2) is 108 Å². The van der Waals surface area contributed by atoms with Crippen LogP contribution >= 0.6 is 11.6 Å². The van der Waals surface area contributed by atoms with Crippen molar-refractivity contribution in [1.29, 1.82) is 0 Å². The number of benzene rings is 4. The monoisotopic (exact) mass is 518 g/mol. The molecule has 4 aromatic rings. The van der Waals surface area contributed by atoms with Crippen molar-refractivity contribution in [2.45, 2.75) is 24.8 Å². The van der Waals surface area contributed by atoms with Crippen molar-refractivity contribution in [2.24, 2.45) is 0 Å². The van der Waals surface area contributed by atoms with Crippen molar-refractivity contribution in [3.8, 4) is 0 Å². The first-order valence-electron chi connectivity index (χ1n) is 11.6. The molecule has 0 saturated heterocycles. The van der Waals surface area contributed by atoms with Crippen LogP contribution in [-0.2, 0) is 23.0 Å². The van der Waals surface area contributed by atoms with Gasteiger partial charge in [-0.1, -0.05) is 83.9 Å². The molecule has 4 rings (SSSR count). The van der Waals surface area contributed by atoms with Crippen molar-refractivity contribution >= 4 is 33.2 Å². The Morgan fingerprint density at radius 3 is 2.14 bits per heavy atom. The highest BCUT2D eigenvalue weighted by atomic mass is 35.5. The molecule has 184 valence electrons. The number of amides is 1. The van der Waals surface area contributed by atoms with Crippen molar-refractivity contribution in [3.05, 3.63) is 130 Å². The van der Waals surface area contributed by atoms with Crippen LogP contribution in [0.25, 0.3) is 0 Å². The number of halogens is 1. The van der Waals surface area contributed by atoms with Gasteiger partial charge in [-0.3, -0.25) is 9.10 Å². The molecule has 5 nitrogen and oxygen atoms in total. The summed E-state index contributed by atoms with van der Waals surface area (Å²) in [6, 6.07) is 30.3. The van der Waals surface area contributed by atoms with E-state index in [1.54, 1.807) is 48.5 Å². The van der Waals surface area contributed by atoms with E-state index in [9.17, 15) is 13.2 Å². The molecule has 0 aliphatic heterocycles. The Morgan fingerprint density at radius 2 is 1.44 bits per heavy atom. The average molecular weight is 519 g/mol. The Hall–Kier alpha value is -3.61. The van der Waals surface area contributed by atoms with E-state index >= 15 is 0 Å². The minimum atomic E-state index is -3.95. The van der Waals surface area contributed by atoms with Gasteiger partial charge < -0.3 is 5.32 Å². The summed E-state index contributed by atoms with van der Waals surface area (Å²) in [6.45, 7) is 2.39. The molecule has 0 radical (unpaired) electrons. The molecule has 0 aromatic heterocycles. The van der Waals surface area contributed by atoms with Crippen LogP contribution in [0.4, 0.5) is 5.69 Å². The number of rotatable bonds is 9.